The number of benzene rings is 1. The highest BCUT2D eigenvalue weighted by atomic mass is 16.2. The van der Waals surface area contributed by atoms with Crippen LogP contribution >= 0.6 is 0 Å². The summed E-state index contributed by atoms with van der Waals surface area (Å²) in [5, 5.41) is 1.02. The van der Waals surface area contributed by atoms with Gasteiger partial charge >= 0.3 is 0 Å². The second-order valence-electron chi connectivity index (χ2n) is 6.20. The van der Waals surface area contributed by atoms with Crippen LogP contribution < -0.4 is 5.73 Å². The molecule has 116 valence electrons. The van der Waals surface area contributed by atoms with Crippen LogP contribution in [0.2, 0.25) is 0 Å². The number of pyridine rings is 1. The number of amides is 1. The molecule has 0 radical (unpaired) electrons. The van der Waals surface area contributed by atoms with Gasteiger partial charge in [-0.2, -0.15) is 0 Å². The zero-order valence-corrected chi connectivity index (χ0v) is 13.3. The van der Waals surface area contributed by atoms with E-state index < -0.39 is 0 Å². The van der Waals surface area contributed by atoms with Crippen LogP contribution in [0.3, 0.4) is 0 Å². The first-order valence-corrected chi connectivity index (χ1v) is 7.99. The molecule has 3 rings (SSSR count). The molecule has 2 N–H and O–H groups in total. The van der Waals surface area contributed by atoms with Gasteiger partial charge in [-0.1, -0.05) is 11.6 Å². The Morgan fingerprint density at radius 1 is 1.32 bits per heavy atom. The third-order valence-electron chi connectivity index (χ3n) is 4.55. The molecule has 1 aromatic heterocycles. The predicted octanol–water partition coefficient (Wildman–Crippen LogP) is 2.81. The second kappa shape index (κ2) is 6.05. The standard InChI is InChI=1S/C18H23N3O/c1-12-6-7-17-14(9-12)10-16(13(2)20-17)18(22)21-8-4-3-5-15(21)11-19/h6-7,9-10,15H,3-5,8,11,19H2,1-2H3/t15-/m0/s1. The van der Waals surface area contributed by atoms with Crippen LogP contribution in [-0.2, 0) is 0 Å². The molecular formula is C18H23N3O. The summed E-state index contributed by atoms with van der Waals surface area (Å²) in [7, 11) is 0. The molecule has 1 aromatic carbocycles. The summed E-state index contributed by atoms with van der Waals surface area (Å²) in [6, 6.07) is 8.28. The number of carbonyl (C=O) groups is 1. The lowest BCUT2D eigenvalue weighted by molar-refractivity contribution is 0.0622. The van der Waals surface area contributed by atoms with Gasteiger partial charge in [0.05, 0.1) is 16.8 Å². The summed E-state index contributed by atoms with van der Waals surface area (Å²) in [6.07, 6.45) is 3.21. The number of likely N-dealkylation sites (tertiary alicyclic amines) is 1. The van der Waals surface area contributed by atoms with Crippen molar-refractivity contribution in [3.8, 4) is 0 Å². The largest absolute Gasteiger partial charge is 0.334 e. The molecule has 4 nitrogen and oxygen atoms in total. The van der Waals surface area contributed by atoms with E-state index in [4.69, 9.17) is 5.73 Å². The fraction of sp³-hybridized carbons (Fsp3) is 0.444. The van der Waals surface area contributed by atoms with E-state index in [1.54, 1.807) is 0 Å². The van der Waals surface area contributed by atoms with Gasteiger partial charge in [0.15, 0.2) is 0 Å². The van der Waals surface area contributed by atoms with Crippen molar-refractivity contribution in [3.63, 3.8) is 0 Å². The number of rotatable bonds is 2. The van der Waals surface area contributed by atoms with Gasteiger partial charge in [-0.3, -0.25) is 9.78 Å². The van der Waals surface area contributed by atoms with Gasteiger partial charge < -0.3 is 10.6 Å². The fourth-order valence-electron chi connectivity index (χ4n) is 3.28. The molecule has 1 fully saturated rings. The third-order valence-corrected chi connectivity index (χ3v) is 4.55. The summed E-state index contributed by atoms with van der Waals surface area (Å²) in [5.41, 5.74) is 9.46. The fourth-order valence-corrected chi connectivity index (χ4v) is 3.28. The first kappa shape index (κ1) is 15.0. The maximum Gasteiger partial charge on any atom is 0.256 e. The first-order valence-electron chi connectivity index (χ1n) is 7.99. The highest BCUT2D eigenvalue weighted by Gasteiger charge is 2.27. The minimum atomic E-state index is 0.0727. The molecule has 1 aliphatic rings. The van der Waals surface area contributed by atoms with Crippen LogP contribution in [0.1, 0.15) is 40.9 Å². The minimum Gasteiger partial charge on any atom is -0.334 e. The molecule has 0 aliphatic carbocycles. The number of hydrogen-bond acceptors (Lipinski definition) is 3. The Morgan fingerprint density at radius 3 is 2.91 bits per heavy atom. The molecule has 0 spiro atoms. The van der Waals surface area contributed by atoms with Gasteiger partial charge in [0.2, 0.25) is 0 Å². The van der Waals surface area contributed by atoms with Crippen molar-refractivity contribution in [2.45, 2.75) is 39.2 Å². The van der Waals surface area contributed by atoms with E-state index in [1.165, 1.54) is 5.56 Å². The Labute approximate surface area is 131 Å². The average molecular weight is 297 g/mol. The molecule has 2 heterocycles. The van der Waals surface area contributed by atoms with Crippen molar-refractivity contribution in [2.24, 2.45) is 5.73 Å². The van der Waals surface area contributed by atoms with E-state index in [9.17, 15) is 4.79 Å². The summed E-state index contributed by atoms with van der Waals surface area (Å²) in [4.78, 5) is 19.5. The number of nitrogens with zero attached hydrogens (tertiary/aromatic N) is 2. The molecule has 2 aromatic rings. The Kier molecular flexibility index (Phi) is 4.12. The summed E-state index contributed by atoms with van der Waals surface area (Å²) < 4.78 is 0. The molecule has 0 bridgehead atoms. The zero-order valence-electron chi connectivity index (χ0n) is 13.3. The van der Waals surface area contributed by atoms with Crippen molar-refractivity contribution < 1.29 is 4.79 Å². The molecule has 4 heteroatoms. The third kappa shape index (κ3) is 2.71. The van der Waals surface area contributed by atoms with Crippen molar-refractivity contribution >= 4 is 16.8 Å². The van der Waals surface area contributed by atoms with Crippen molar-refractivity contribution in [3.05, 3.63) is 41.1 Å². The Morgan fingerprint density at radius 2 is 2.14 bits per heavy atom. The summed E-state index contributed by atoms with van der Waals surface area (Å²) in [6.45, 7) is 5.29. The quantitative estimate of drug-likeness (QED) is 0.927. The van der Waals surface area contributed by atoms with Crippen LogP contribution in [0.4, 0.5) is 0 Å². The van der Waals surface area contributed by atoms with Gasteiger partial charge in [0.1, 0.15) is 0 Å². The minimum absolute atomic E-state index is 0.0727. The highest BCUT2D eigenvalue weighted by molar-refractivity contribution is 5.99. The molecule has 0 unspecified atom stereocenters. The number of nitrogens with two attached hydrogens (primary N) is 1. The van der Waals surface area contributed by atoms with Crippen molar-refractivity contribution in [1.82, 2.24) is 9.88 Å². The molecule has 0 saturated carbocycles. The monoisotopic (exact) mass is 297 g/mol. The first-order chi connectivity index (χ1) is 10.6. The van der Waals surface area contributed by atoms with E-state index in [1.807, 2.05) is 30.0 Å². The van der Waals surface area contributed by atoms with Gasteiger partial charge in [0.25, 0.3) is 5.91 Å². The molecular weight excluding hydrogens is 274 g/mol. The Balaban J connectivity index is 2.00. The van der Waals surface area contributed by atoms with Gasteiger partial charge in [-0.15, -0.1) is 0 Å². The van der Waals surface area contributed by atoms with Crippen LogP contribution in [-0.4, -0.2) is 34.9 Å². The number of carbonyl (C=O) groups excluding carboxylic acids is 1. The van der Waals surface area contributed by atoms with Crippen LogP contribution in [0.15, 0.2) is 24.3 Å². The smallest absolute Gasteiger partial charge is 0.256 e. The number of fused-ring (bicyclic) bond motifs is 1. The summed E-state index contributed by atoms with van der Waals surface area (Å²) in [5.74, 6) is 0.0727. The van der Waals surface area contributed by atoms with E-state index >= 15 is 0 Å². The highest BCUT2D eigenvalue weighted by Crippen LogP contribution is 2.23. The average Bonchev–Trinajstić information content (AvgIpc) is 2.54. The van der Waals surface area contributed by atoms with Crippen LogP contribution in [0, 0.1) is 13.8 Å². The lowest BCUT2D eigenvalue weighted by Crippen LogP contribution is -2.47. The SMILES string of the molecule is Cc1ccc2nc(C)c(C(=O)N3CCCC[C@H]3CN)cc2c1. The van der Waals surface area contributed by atoms with Gasteiger partial charge in [0, 0.05) is 24.5 Å². The van der Waals surface area contributed by atoms with Gasteiger partial charge in [-0.05, 0) is 51.3 Å². The maximum atomic E-state index is 12.9. The maximum absolute atomic E-state index is 12.9. The Hall–Kier alpha value is -1.94. The predicted molar refractivity (Wildman–Crippen MR) is 88.9 cm³/mol. The number of aryl methyl sites for hydroxylation is 2. The normalized spacial score (nSPS) is 18.7. The van der Waals surface area contributed by atoms with E-state index in [2.05, 4.69) is 18.0 Å². The van der Waals surface area contributed by atoms with Crippen LogP contribution in [0.25, 0.3) is 10.9 Å². The van der Waals surface area contributed by atoms with E-state index in [0.29, 0.717) is 12.1 Å². The summed E-state index contributed by atoms with van der Waals surface area (Å²) >= 11 is 0. The molecule has 22 heavy (non-hydrogen) atoms. The number of aromatic nitrogens is 1. The van der Waals surface area contributed by atoms with Crippen LogP contribution in [0.5, 0.6) is 0 Å². The molecule has 1 atom stereocenters. The van der Waals surface area contributed by atoms with Gasteiger partial charge in [-0.25, -0.2) is 0 Å². The lowest BCUT2D eigenvalue weighted by atomic mass is 10.00. The topological polar surface area (TPSA) is 59.2 Å². The zero-order chi connectivity index (χ0) is 15.7. The molecule has 1 amide bonds. The molecule has 1 aliphatic heterocycles. The molecule has 1 saturated heterocycles. The van der Waals surface area contributed by atoms with Crippen molar-refractivity contribution in [1.29, 1.82) is 0 Å². The number of hydrogen-bond donors (Lipinski definition) is 1. The van der Waals surface area contributed by atoms with Crippen molar-refractivity contribution in [2.75, 3.05) is 13.1 Å². The van der Waals surface area contributed by atoms with E-state index in [0.717, 1.165) is 42.4 Å². The second-order valence-corrected chi connectivity index (χ2v) is 6.20. The van der Waals surface area contributed by atoms with E-state index in [-0.39, 0.29) is 11.9 Å². The Bertz CT molecular complexity index is 711. The number of piperidine rings is 1. The lowest BCUT2D eigenvalue weighted by Gasteiger charge is -2.35.